The van der Waals surface area contributed by atoms with E-state index in [9.17, 15) is 4.79 Å². The summed E-state index contributed by atoms with van der Waals surface area (Å²) in [5.41, 5.74) is 1.82. The molecule has 0 bridgehead atoms. The highest BCUT2D eigenvalue weighted by Crippen LogP contribution is 2.17. The van der Waals surface area contributed by atoms with Crippen molar-refractivity contribution in [3.63, 3.8) is 0 Å². The number of hydrogen-bond donors (Lipinski definition) is 0. The molecule has 0 unspecified atom stereocenters. The SMILES string of the molecule is O=C(CCBr)N1CCN(c2cnc3ccccc3n2)CC1. The van der Waals surface area contributed by atoms with Gasteiger partial charge in [-0.3, -0.25) is 9.78 Å². The molecule has 0 spiro atoms. The molecular weight excluding hydrogens is 332 g/mol. The van der Waals surface area contributed by atoms with Crippen LogP contribution in [0, 0.1) is 0 Å². The van der Waals surface area contributed by atoms with Gasteiger partial charge in [-0.15, -0.1) is 0 Å². The summed E-state index contributed by atoms with van der Waals surface area (Å²) in [6, 6.07) is 7.87. The Morgan fingerprint density at radius 1 is 1.14 bits per heavy atom. The molecule has 1 saturated heterocycles. The van der Waals surface area contributed by atoms with Crippen molar-refractivity contribution >= 4 is 38.7 Å². The van der Waals surface area contributed by atoms with E-state index in [2.05, 4.69) is 30.8 Å². The van der Waals surface area contributed by atoms with E-state index in [1.807, 2.05) is 35.4 Å². The summed E-state index contributed by atoms with van der Waals surface area (Å²) >= 11 is 3.31. The van der Waals surface area contributed by atoms with Gasteiger partial charge in [-0.1, -0.05) is 28.1 Å². The Hall–Kier alpha value is -1.69. The number of rotatable bonds is 3. The van der Waals surface area contributed by atoms with Crippen LogP contribution in [-0.2, 0) is 4.79 Å². The van der Waals surface area contributed by atoms with Crippen LogP contribution in [0.1, 0.15) is 6.42 Å². The van der Waals surface area contributed by atoms with Gasteiger partial charge in [0.1, 0.15) is 5.82 Å². The molecule has 1 fully saturated rings. The van der Waals surface area contributed by atoms with Crippen molar-refractivity contribution < 1.29 is 4.79 Å². The molecule has 0 saturated carbocycles. The lowest BCUT2D eigenvalue weighted by molar-refractivity contribution is -0.131. The maximum Gasteiger partial charge on any atom is 0.223 e. The summed E-state index contributed by atoms with van der Waals surface area (Å²) in [5.74, 6) is 1.11. The number of carbonyl (C=O) groups is 1. The highest BCUT2D eigenvalue weighted by molar-refractivity contribution is 9.09. The zero-order valence-electron chi connectivity index (χ0n) is 11.7. The van der Waals surface area contributed by atoms with Crippen molar-refractivity contribution in [2.24, 2.45) is 0 Å². The van der Waals surface area contributed by atoms with Gasteiger partial charge < -0.3 is 9.80 Å². The number of alkyl halides is 1. The number of amides is 1. The molecule has 1 aliphatic heterocycles. The van der Waals surface area contributed by atoms with E-state index < -0.39 is 0 Å². The van der Waals surface area contributed by atoms with Gasteiger partial charge in [-0.25, -0.2) is 4.98 Å². The van der Waals surface area contributed by atoms with Gasteiger partial charge in [-0.2, -0.15) is 0 Å². The number of hydrogen-bond acceptors (Lipinski definition) is 4. The van der Waals surface area contributed by atoms with Crippen LogP contribution < -0.4 is 4.90 Å². The molecule has 0 radical (unpaired) electrons. The Bertz CT molecular complexity index is 640. The second-order valence-corrected chi connectivity index (χ2v) is 5.82. The van der Waals surface area contributed by atoms with Crippen LogP contribution >= 0.6 is 15.9 Å². The summed E-state index contributed by atoms with van der Waals surface area (Å²) in [7, 11) is 0. The smallest absolute Gasteiger partial charge is 0.223 e. The van der Waals surface area contributed by atoms with Gasteiger partial charge in [0.25, 0.3) is 0 Å². The highest BCUT2D eigenvalue weighted by atomic mass is 79.9. The van der Waals surface area contributed by atoms with Crippen molar-refractivity contribution in [2.75, 3.05) is 36.4 Å². The summed E-state index contributed by atoms with van der Waals surface area (Å²) < 4.78 is 0. The lowest BCUT2D eigenvalue weighted by Gasteiger charge is -2.35. The molecular formula is C15H17BrN4O. The molecule has 3 rings (SSSR count). The number of benzene rings is 1. The Labute approximate surface area is 132 Å². The molecule has 1 aliphatic rings. The number of anilines is 1. The van der Waals surface area contributed by atoms with Gasteiger partial charge in [0, 0.05) is 37.9 Å². The molecule has 2 aromatic rings. The van der Waals surface area contributed by atoms with Crippen molar-refractivity contribution in [2.45, 2.75) is 6.42 Å². The monoisotopic (exact) mass is 348 g/mol. The Balaban J connectivity index is 1.69. The quantitative estimate of drug-likeness (QED) is 0.796. The number of carbonyl (C=O) groups excluding carboxylic acids is 1. The minimum Gasteiger partial charge on any atom is -0.352 e. The average Bonchev–Trinajstić information content (AvgIpc) is 2.55. The summed E-state index contributed by atoms with van der Waals surface area (Å²) in [4.78, 5) is 25.1. The van der Waals surface area contributed by atoms with E-state index in [4.69, 9.17) is 0 Å². The van der Waals surface area contributed by atoms with Crippen LogP contribution in [0.3, 0.4) is 0 Å². The van der Waals surface area contributed by atoms with Crippen LogP contribution in [0.15, 0.2) is 30.5 Å². The minimum absolute atomic E-state index is 0.219. The Kier molecular flexibility index (Phi) is 4.34. The third kappa shape index (κ3) is 3.15. The van der Waals surface area contributed by atoms with Gasteiger partial charge in [0.2, 0.25) is 5.91 Å². The molecule has 5 nitrogen and oxygen atoms in total. The molecule has 110 valence electrons. The predicted molar refractivity (Wildman–Crippen MR) is 86.7 cm³/mol. The van der Waals surface area contributed by atoms with Crippen molar-refractivity contribution in [3.05, 3.63) is 30.5 Å². The molecule has 1 amide bonds. The van der Waals surface area contributed by atoms with Gasteiger partial charge in [0.15, 0.2) is 0 Å². The molecule has 0 N–H and O–H groups in total. The van der Waals surface area contributed by atoms with Crippen molar-refractivity contribution in [1.29, 1.82) is 0 Å². The fourth-order valence-corrected chi connectivity index (χ4v) is 2.86. The lowest BCUT2D eigenvalue weighted by Crippen LogP contribution is -2.49. The van der Waals surface area contributed by atoms with E-state index in [0.29, 0.717) is 6.42 Å². The first-order chi connectivity index (χ1) is 10.3. The van der Waals surface area contributed by atoms with Gasteiger partial charge in [0.05, 0.1) is 17.2 Å². The average molecular weight is 349 g/mol. The first kappa shape index (κ1) is 14.3. The maximum atomic E-state index is 11.9. The zero-order chi connectivity index (χ0) is 14.7. The molecule has 21 heavy (non-hydrogen) atoms. The Morgan fingerprint density at radius 3 is 2.57 bits per heavy atom. The number of nitrogens with zero attached hydrogens (tertiary/aromatic N) is 4. The van der Waals surface area contributed by atoms with Crippen LogP contribution in [-0.4, -0.2) is 52.3 Å². The number of para-hydroxylation sites is 2. The standard InChI is InChI=1S/C15H17BrN4O/c16-6-5-15(21)20-9-7-19(8-10-20)14-11-17-12-3-1-2-4-13(12)18-14/h1-4,11H,5-10H2. The summed E-state index contributed by atoms with van der Waals surface area (Å²) in [6.45, 7) is 3.11. The summed E-state index contributed by atoms with van der Waals surface area (Å²) in [6.07, 6.45) is 2.38. The molecule has 1 aromatic heterocycles. The van der Waals surface area contributed by atoms with Crippen molar-refractivity contribution in [3.8, 4) is 0 Å². The lowest BCUT2D eigenvalue weighted by atomic mass is 10.2. The van der Waals surface area contributed by atoms with E-state index in [-0.39, 0.29) is 5.91 Å². The molecule has 0 atom stereocenters. The highest BCUT2D eigenvalue weighted by Gasteiger charge is 2.21. The van der Waals surface area contributed by atoms with E-state index >= 15 is 0 Å². The van der Waals surface area contributed by atoms with E-state index in [1.54, 1.807) is 0 Å². The van der Waals surface area contributed by atoms with E-state index in [0.717, 1.165) is 48.4 Å². The number of fused-ring (bicyclic) bond motifs is 1. The van der Waals surface area contributed by atoms with Gasteiger partial charge in [-0.05, 0) is 12.1 Å². The minimum atomic E-state index is 0.219. The van der Waals surface area contributed by atoms with Gasteiger partial charge >= 0.3 is 0 Å². The number of aromatic nitrogens is 2. The fourth-order valence-electron chi connectivity index (χ4n) is 2.52. The molecule has 6 heteroatoms. The molecule has 0 aliphatic carbocycles. The largest absolute Gasteiger partial charge is 0.352 e. The molecule has 1 aromatic carbocycles. The maximum absolute atomic E-state index is 11.9. The second-order valence-electron chi connectivity index (χ2n) is 5.02. The topological polar surface area (TPSA) is 49.3 Å². The second kappa shape index (κ2) is 6.39. The predicted octanol–water partition coefficient (Wildman–Crippen LogP) is 2.06. The van der Waals surface area contributed by atoms with Crippen LogP contribution in [0.25, 0.3) is 11.0 Å². The number of piperazine rings is 1. The third-order valence-electron chi connectivity index (χ3n) is 3.70. The zero-order valence-corrected chi connectivity index (χ0v) is 13.3. The first-order valence-electron chi connectivity index (χ1n) is 7.08. The normalized spacial score (nSPS) is 15.5. The summed E-state index contributed by atoms with van der Waals surface area (Å²) in [5, 5.41) is 0.724. The van der Waals surface area contributed by atoms with E-state index in [1.165, 1.54) is 0 Å². The van der Waals surface area contributed by atoms with Crippen LogP contribution in [0.4, 0.5) is 5.82 Å². The number of halogens is 1. The third-order valence-corrected chi connectivity index (χ3v) is 4.10. The fraction of sp³-hybridized carbons (Fsp3) is 0.400. The van der Waals surface area contributed by atoms with Crippen LogP contribution in [0.5, 0.6) is 0 Å². The molecule has 2 heterocycles. The first-order valence-corrected chi connectivity index (χ1v) is 8.20. The van der Waals surface area contributed by atoms with Crippen molar-refractivity contribution in [1.82, 2.24) is 14.9 Å². The Morgan fingerprint density at radius 2 is 1.86 bits per heavy atom. The van der Waals surface area contributed by atoms with Crippen LogP contribution in [0.2, 0.25) is 0 Å².